The molecule has 140 valence electrons. The summed E-state index contributed by atoms with van der Waals surface area (Å²) >= 11 is 0. The van der Waals surface area contributed by atoms with Gasteiger partial charge in [0.05, 0.1) is 18.3 Å². The van der Waals surface area contributed by atoms with Gasteiger partial charge < -0.3 is 14.4 Å². The Bertz CT molecular complexity index is 608. The zero-order chi connectivity index (χ0) is 18.6. The molecule has 1 unspecified atom stereocenters. The highest BCUT2D eigenvalue weighted by molar-refractivity contribution is 5.76. The molecule has 2 rings (SSSR count). The molecule has 1 heterocycles. The van der Waals surface area contributed by atoms with E-state index in [0.717, 1.165) is 6.07 Å². The van der Waals surface area contributed by atoms with Gasteiger partial charge in [0.1, 0.15) is 6.61 Å². The van der Waals surface area contributed by atoms with Crippen molar-refractivity contribution in [2.45, 2.75) is 32.1 Å². The maximum atomic E-state index is 13.9. The minimum absolute atomic E-state index is 0.00812. The highest BCUT2D eigenvalue weighted by Crippen LogP contribution is 2.24. The summed E-state index contributed by atoms with van der Waals surface area (Å²) in [6, 6.07) is 4.20. The summed E-state index contributed by atoms with van der Waals surface area (Å²) < 4.78 is 38.7. The minimum atomic E-state index is -0.841. The van der Waals surface area contributed by atoms with Crippen molar-refractivity contribution >= 4 is 5.91 Å². The summed E-state index contributed by atoms with van der Waals surface area (Å²) in [6.45, 7) is 5.56. The summed E-state index contributed by atoms with van der Waals surface area (Å²) in [5, 5.41) is 0. The van der Waals surface area contributed by atoms with Gasteiger partial charge in [-0.05, 0) is 19.9 Å². The number of morpholine rings is 1. The predicted octanol–water partition coefficient (Wildman–Crippen LogP) is 2.05. The highest BCUT2D eigenvalue weighted by atomic mass is 19.2. The number of rotatable bonds is 6. The van der Waals surface area contributed by atoms with Crippen molar-refractivity contribution in [2.24, 2.45) is 0 Å². The SMILES string of the molecule is CN(C)C(=O)COCC1CN(Cc2cccc(F)c2F)CC(C)(C)O1. The molecule has 0 bridgehead atoms. The molecule has 1 fully saturated rings. The number of amides is 1. The zero-order valence-corrected chi connectivity index (χ0v) is 15.2. The first-order valence-electron chi connectivity index (χ1n) is 8.29. The summed E-state index contributed by atoms with van der Waals surface area (Å²) in [7, 11) is 3.34. The molecule has 1 amide bonds. The second-order valence-corrected chi connectivity index (χ2v) is 7.19. The van der Waals surface area contributed by atoms with Crippen molar-refractivity contribution in [1.29, 1.82) is 0 Å². The molecule has 0 radical (unpaired) electrons. The maximum absolute atomic E-state index is 13.9. The standard InChI is InChI=1S/C18H26F2N2O3/c1-18(2)12-22(8-13-6-5-7-15(19)17(13)20)9-14(25-18)10-24-11-16(23)21(3)4/h5-7,14H,8-12H2,1-4H3. The smallest absolute Gasteiger partial charge is 0.248 e. The van der Waals surface area contributed by atoms with Crippen LogP contribution in [0.1, 0.15) is 19.4 Å². The Morgan fingerprint density at radius 2 is 2.12 bits per heavy atom. The van der Waals surface area contributed by atoms with E-state index < -0.39 is 17.2 Å². The van der Waals surface area contributed by atoms with Crippen LogP contribution >= 0.6 is 0 Å². The molecule has 1 atom stereocenters. The van der Waals surface area contributed by atoms with Crippen LogP contribution < -0.4 is 0 Å². The average Bonchev–Trinajstić information content (AvgIpc) is 2.50. The molecule has 0 spiro atoms. The molecule has 7 heteroatoms. The second-order valence-electron chi connectivity index (χ2n) is 7.19. The van der Waals surface area contributed by atoms with Gasteiger partial charge in [-0.15, -0.1) is 0 Å². The lowest BCUT2D eigenvalue weighted by molar-refractivity contribution is -0.161. The Kier molecular flexibility index (Phi) is 6.48. The monoisotopic (exact) mass is 356 g/mol. The molecule has 0 N–H and O–H groups in total. The zero-order valence-electron chi connectivity index (χ0n) is 15.2. The molecular formula is C18H26F2N2O3. The van der Waals surface area contributed by atoms with Crippen LogP contribution in [0.15, 0.2) is 18.2 Å². The third-order valence-corrected chi connectivity index (χ3v) is 4.01. The van der Waals surface area contributed by atoms with Gasteiger partial charge in [0.15, 0.2) is 11.6 Å². The highest BCUT2D eigenvalue weighted by Gasteiger charge is 2.34. The Hall–Kier alpha value is -1.57. The van der Waals surface area contributed by atoms with Crippen LogP contribution in [0, 0.1) is 11.6 Å². The van der Waals surface area contributed by atoms with Crippen LogP contribution in [0.3, 0.4) is 0 Å². The number of likely N-dealkylation sites (N-methyl/N-ethyl adjacent to an activating group) is 1. The number of ether oxygens (including phenoxy) is 2. The lowest BCUT2D eigenvalue weighted by Crippen LogP contribution is -2.53. The third-order valence-electron chi connectivity index (χ3n) is 4.01. The van der Waals surface area contributed by atoms with E-state index in [2.05, 4.69) is 0 Å². The van der Waals surface area contributed by atoms with E-state index in [0.29, 0.717) is 25.2 Å². The first-order valence-corrected chi connectivity index (χ1v) is 8.29. The number of hydrogen-bond acceptors (Lipinski definition) is 4. The van der Waals surface area contributed by atoms with Crippen molar-refractivity contribution in [3.63, 3.8) is 0 Å². The molecule has 0 aromatic heterocycles. The first-order chi connectivity index (χ1) is 11.7. The molecule has 1 aromatic rings. The molecule has 5 nitrogen and oxygen atoms in total. The third kappa shape index (κ3) is 5.73. The van der Waals surface area contributed by atoms with Crippen LogP contribution in [0.2, 0.25) is 0 Å². The van der Waals surface area contributed by atoms with Crippen molar-refractivity contribution in [3.05, 3.63) is 35.4 Å². The molecule has 1 aliphatic heterocycles. The number of carbonyl (C=O) groups excluding carboxylic acids is 1. The molecule has 0 saturated carbocycles. The number of halogens is 2. The Morgan fingerprint density at radius 1 is 1.40 bits per heavy atom. The molecule has 0 aliphatic carbocycles. The molecule has 1 aromatic carbocycles. The first kappa shape index (κ1) is 19.8. The normalized spacial score (nSPS) is 20.5. The number of nitrogens with zero attached hydrogens (tertiary/aromatic N) is 2. The van der Waals surface area contributed by atoms with E-state index in [4.69, 9.17) is 9.47 Å². The number of hydrogen-bond donors (Lipinski definition) is 0. The number of benzene rings is 1. The van der Waals surface area contributed by atoms with Gasteiger partial charge in [-0.25, -0.2) is 8.78 Å². The van der Waals surface area contributed by atoms with E-state index in [1.165, 1.54) is 11.0 Å². The number of carbonyl (C=O) groups is 1. The van der Waals surface area contributed by atoms with Gasteiger partial charge in [0.25, 0.3) is 0 Å². The van der Waals surface area contributed by atoms with Gasteiger partial charge in [-0.3, -0.25) is 9.69 Å². The summed E-state index contributed by atoms with van der Waals surface area (Å²) in [6.07, 6.45) is -0.240. The van der Waals surface area contributed by atoms with E-state index in [9.17, 15) is 13.6 Å². The lowest BCUT2D eigenvalue weighted by atomic mass is 10.0. The van der Waals surface area contributed by atoms with E-state index >= 15 is 0 Å². The van der Waals surface area contributed by atoms with Crippen LogP contribution in [-0.4, -0.2) is 67.8 Å². The fourth-order valence-electron chi connectivity index (χ4n) is 2.94. The fraction of sp³-hybridized carbons (Fsp3) is 0.611. The fourth-order valence-corrected chi connectivity index (χ4v) is 2.94. The van der Waals surface area contributed by atoms with Crippen molar-refractivity contribution in [3.8, 4) is 0 Å². The van der Waals surface area contributed by atoms with Crippen LogP contribution in [0.5, 0.6) is 0 Å². The van der Waals surface area contributed by atoms with Crippen LogP contribution in [0.4, 0.5) is 8.78 Å². The van der Waals surface area contributed by atoms with Crippen molar-refractivity contribution in [1.82, 2.24) is 9.80 Å². The predicted molar refractivity (Wildman–Crippen MR) is 90.1 cm³/mol. The molecule has 25 heavy (non-hydrogen) atoms. The van der Waals surface area contributed by atoms with Crippen LogP contribution in [0.25, 0.3) is 0 Å². The van der Waals surface area contributed by atoms with Gasteiger partial charge in [-0.2, -0.15) is 0 Å². The van der Waals surface area contributed by atoms with E-state index in [1.54, 1.807) is 20.2 Å². The van der Waals surface area contributed by atoms with E-state index in [1.807, 2.05) is 18.7 Å². The molecule has 1 saturated heterocycles. The van der Waals surface area contributed by atoms with Gasteiger partial charge >= 0.3 is 0 Å². The van der Waals surface area contributed by atoms with Gasteiger partial charge in [-0.1, -0.05) is 12.1 Å². The minimum Gasteiger partial charge on any atom is -0.369 e. The van der Waals surface area contributed by atoms with Crippen molar-refractivity contribution in [2.75, 3.05) is 40.4 Å². The Labute approximate surface area is 147 Å². The Morgan fingerprint density at radius 3 is 2.80 bits per heavy atom. The van der Waals surface area contributed by atoms with E-state index in [-0.39, 0.29) is 25.2 Å². The quantitative estimate of drug-likeness (QED) is 0.782. The Balaban J connectivity index is 1.95. The largest absolute Gasteiger partial charge is 0.369 e. The summed E-state index contributed by atoms with van der Waals surface area (Å²) in [4.78, 5) is 15.0. The molecular weight excluding hydrogens is 330 g/mol. The van der Waals surface area contributed by atoms with Gasteiger partial charge in [0, 0.05) is 39.3 Å². The lowest BCUT2D eigenvalue weighted by Gasteiger charge is -2.42. The summed E-state index contributed by atoms with van der Waals surface area (Å²) in [5.74, 6) is -1.77. The topological polar surface area (TPSA) is 42.0 Å². The molecule has 1 aliphatic rings. The van der Waals surface area contributed by atoms with Gasteiger partial charge in [0.2, 0.25) is 5.91 Å². The van der Waals surface area contributed by atoms with Crippen LogP contribution in [-0.2, 0) is 20.8 Å². The maximum Gasteiger partial charge on any atom is 0.248 e. The summed E-state index contributed by atoms with van der Waals surface area (Å²) in [5.41, 5.74) is -0.123. The average molecular weight is 356 g/mol. The van der Waals surface area contributed by atoms with Crippen molar-refractivity contribution < 1.29 is 23.0 Å². The second kappa shape index (κ2) is 8.21.